The van der Waals surface area contributed by atoms with Gasteiger partial charge in [-0.15, -0.1) is 0 Å². The van der Waals surface area contributed by atoms with Gasteiger partial charge in [-0.05, 0) is 42.8 Å². The van der Waals surface area contributed by atoms with Crippen LogP contribution in [0, 0.1) is 0 Å². The topological polar surface area (TPSA) is 87.5 Å². The van der Waals surface area contributed by atoms with Crippen LogP contribution in [-0.4, -0.2) is 47.0 Å². The van der Waals surface area contributed by atoms with Crippen LogP contribution in [0.5, 0.6) is 0 Å². The van der Waals surface area contributed by atoms with Crippen molar-refractivity contribution in [1.82, 2.24) is 9.55 Å². The first-order chi connectivity index (χ1) is 14.0. The first kappa shape index (κ1) is 20.9. The molecule has 0 spiro atoms. The monoisotopic (exact) mass is 412 g/mol. The number of thioether (sulfide) groups is 1. The highest BCUT2D eigenvalue weighted by Crippen LogP contribution is 2.20. The molecule has 0 aliphatic rings. The van der Waals surface area contributed by atoms with E-state index in [0.29, 0.717) is 34.7 Å². The van der Waals surface area contributed by atoms with Crippen molar-refractivity contribution in [2.75, 3.05) is 36.7 Å². The summed E-state index contributed by atoms with van der Waals surface area (Å²) in [5, 5.41) is 13.0. The van der Waals surface area contributed by atoms with Crippen molar-refractivity contribution >= 4 is 39.9 Å². The van der Waals surface area contributed by atoms with Crippen molar-refractivity contribution in [3.63, 3.8) is 0 Å². The van der Waals surface area contributed by atoms with E-state index in [2.05, 4.69) is 10.3 Å². The summed E-state index contributed by atoms with van der Waals surface area (Å²) >= 11 is 1.21. The molecule has 3 rings (SSSR count). The minimum Gasteiger partial charge on any atom is -0.396 e. The van der Waals surface area contributed by atoms with Crippen molar-refractivity contribution in [1.29, 1.82) is 0 Å². The highest BCUT2D eigenvalue weighted by atomic mass is 32.2. The summed E-state index contributed by atoms with van der Waals surface area (Å²) in [5.74, 6) is -0.0528. The van der Waals surface area contributed by atoms with Crippen LogP contribution in [0.25, 0.3) is 10.9 Å². The minimum atomic E-state index is -0.177. The van der Waals surface area contributed by atoms with Crippen LogP contribution in [0.15, 0.2) is 58.5 Å². The van der Waals surface area contributed by atoms with E-state index in [1.165, 1.54) is 16.3 Å². The smallest absolute Gasteiger partial charge is 0.262 e. The van der Waals surface area contributed by atoms with Crippen molar-refractivity contribution in [3.05, 3.63) is 58.9 Å². The van der Waals surface area contributed by atoms with E-state index in [-0.39, 0.29) is 23.8 Å². The van der Waals surface area contributed by atoms with Gasteiger partial charge in [0.05, 0.1) is 16.7 Å². The van der Waals surface area contributed by atoms with E-state index in [4.69, 9.17) is 5.11 Å². The molecule has 1 amide bonds. The Morgan fingerprint density at radius 3 is 2.59 bits per heavy atom. The van der Waals surface area contributed by atoms with Gasteiger partial charge in [-0.25, -0.2) is 4.98 Å². The summed E-state index contributed by atoms with van der Waals surface area (Å²) in [6.45, 7) is 0.329. The van der Waals surface area contributed by atoms with Gasteiger partial charge in [0.15, 0.2) is 5.16 Å². The second-order valence-corrected chi connectivity index (χ2v) is 7.67. The third-order valence-electron chi connectivity index (χ3n) is 4.37. The highest BCUT2D eigenvalue weighted by molar-refractivity contribution is 7.99. The number of aliphatic hydroxyl groups excluding tert-OH is 1. The van der Waals surface area contributed by atoms with Gasteiger partial charge in [0.25, 0.3) is 5.56 Å². The van der Waals surface area contributed by atoms with Gasteiger partial charge in [-0.2, -0.15) is 0 Å². The molecule has 29 heavy (non-hydrogen) atoms. The maximum absolute atomic E-state index is 12.8. The number of nitrogens with one attached hydrogen (secondary N) is 1. The van der Waals surface area contributed by atoms with Gasteiger partial charge in [0, 0.05) is 38.6 Å². The SMILES string of the molecule is CN(C)c1ccc(NC(=O)CSc2nc3ccccc3c(=O)n2CCCO)cc1. The summed E-state index contributed by atoms with van der Waals surface area (Å²) < 4.78 is 1.53. The molecule has 0 radical (unpaired) electrons. The molecule has 2 aromatic carbocycles. The third kappa shape index (κ3) is 5.16. The molecule has 0 aliphatic carbocycles. The zero-order chi connectivity index (χ0) is 20.8. The third-order valence-corrected chi connectivity index (χ3v) is 5.34. The zero-order valence-corrected chi connectivity index (χ0v) is 17.3. The van der Waals surface area contributed by atoms with Crippen molar-refractivity contribution in [3.8, 4) is 0 Å². The number of para-hydroxylation sites is 1. The number of hydrogen-bond donors (Lipinski definition) is 2. The summed E-state index contributed by atoms with van der Waals surface area (Å²) in [7, 11) is 3.91. The van der Waals surface area contributed by atoms with Gasteiger partial charge in [0.1, 0.15) is 0 Å². The molecular formula is C21H24N4O3S. The number of nitrogens with zero attached hydrogens (tertiary/aromatic N) is 3. The predicted octanol–water partition coefficient (Wildman–Crippen LogP) is 2.58. The number of aliphatic hydroxyl groups is 1. The molecule has 7 nitrogen and oxygen atoms in total. The van der Waals surface area contributed by atoms with Crippen LogP contribution in [0.4, 0.5) is 11.4 Å². The molecule has 0 aliphatic heterocycles. The van der Waals surface area contributed by atoms with Crippen LogP contribution >= 0.6 is 11.8 Å². The summed E-state index contributed by atoms with van der Waals surface area (Å²) in [4.78, 5) is 31.7. The lowest BCUT2D eigenvalue weighted by molar-refractivity contribution is -0.113. The van der Waals surface area contributed by atoms with Gasteiger partial charge in [-0.1, -0.05) is 23.9 Å². The molecule has 0 unspecified atom stereocenters. The average Bonchev–Trinajstić information content (AvgIpc) is 2.72. The van der Waals surface area contributed by atoms with Crippen LogP contribution in [0.3, 0.4) is 0 Å². The lowest BCUT2D eigenvalue weighted by atomic mass is 10.2. The second-order valence-electron chi connectivity index (χ2n) is 6.72. The van der Waals surface area contributed by atoms with Gasteiger partial charge in [-0.3, -0.25) is 14.2 Å². The number of benzene rings is 2. The van der Waals surface area contributed by atoms with E-state index in [9.17, 15) is 9.59 Å². The first-order valence-electron chi connectivity index (χ1n) is 9.30. The Morgan fingerprint density at radius 1 is 1.17 bits per heavy atom. The molecule has 0 saturated heterocycles. The fourth-order valence-electron chi connectivity index (χ4n) is 2.85. The minimum absolute atomic E-state index is 0.0210. The van der Waals surface area contributed by atoms with Crippen LogP contribution in [0.1, 0.15) is 6.42 Å². The molecule has 2 N–H and O–H groups in total. The maximum Gasteiger partial charge on any atom is 0.262 e. The molecular weight excluding hydrogens is 388 g/mol. The van der Waals surface area contributed by atoms with Gasteiger partial charge < -0.3 is 15.3 Å². The molecule has 0 fully saturated rings. The highest BCUT2D eigenvalue weighted by Gasteiger charge is 2.13. The van der Waals surface area contributed by atoms with Gasteiger partial charge >= 0.3 is 0 Å². The zero-order valence-electron chi connectivity index (χ0n) is 16.5. The van der Waals surface area contributed by atoms with Crippen molar-refractivity contribution in [2.45, 2.75) is 18.1 Å². The Balaban J connectivity index is 1.74. The summed E-state index contributed by atoms with van der Waals surface area (Å²) in [5.41, 5.74) is 2.20. The van der Waals surface area contributed by atoms with E-state index in [1.807, 2.05) is 49.3 Å². The van der Waals surface area contributed by atoms with E-state index in [1.54, 1.807) is 18.2 Å². The van der Waals surface area contributed by atoms with Crippen molar-refractivity contribution < 1.29 is 9.90 Å². The second kappa shape index (κ2) is 9.58. The van der Waals surface area contributed by atoms with E-state index >= 15 is 0 Å². The first-order valence-corrected chi connectivity index (χ1v) is 10.3. The standard InChI is InChI=1S/C21H24N4O3S/c1-24(2)16-10-8-15(9-11-16)22-19(27)14-29-21-23-18-7-4-3-6-17(18)20(28)25(21)12-5-13-26/h3-4,6-11,26H,5,12-14H2,1-2H3,(H,22,27). The number of carbonyl (C=O) groups is 1. The van der Waals surface area contributed by atoms with Crippen LogP contribution in [-0.2, 0) is 11.3 Å². The molecule has 1 heterocycles. The van der Waals surface area contributed by atoms with Crippen molar-refractivity contribution in [2.24, 2.45) is 0 Å². The number of rotatable bonds is 8. The maximum atomic E-state index is 12.8. The Bertz CT molecular complexity index is 1050. The number of aromatic nitrogens is 2. The van der Waals surface area contributed by atoms with E-state index < -0.39 is 0 Å². The number of carbonyl (C=O) groups excluding carboxylic acids is 1. The Hall–Kier alpha value is -2.84. The number of amides is 1. The fraction of sp³-hybridized carbons (Fsp3) is 0.286. The molecule has 152 valence electrons. The fourth-order valence-corrected chi connectivity index (χ4v) is 3.68. The quantitative estimate of drug-likeness (QED) is 0.437. The number of anilines is 2. The molecule has 8 heteroatoms. The Kier molecular flexibility index (Phi) is 6.90. The Labute approximate surface area is 173 Å². The predicted molar refractivity (Wildman–Crippen MR) is 118 cm³/mol. The molecule has 0 saturated carbocycles. The lowest BCUT2D eigenvalue weighted by Gasteiger charge is -2.14. The number of fused-ring (bicyclic) bond motifs is 1. The normalized spacial score (nSPS) is 10.9. The summed E-state index contributed by atoms with van der Waals surface area (Å²) in [6, 6.07) is 14.7. The Morgan fingerprint density at radius 2 is 1.90 bits per heavy atom. The average molecular weight is 413 g/mol. The molecule has 0 atom stereocenters. The summed E-state index contributed by atoms with van der Waals surface area (Å²) in [6.07, 6.45) is 0.442. The lowest BCUT2D eigenvalue weighted by Crippen LogP contribution is -2.24. The molecule has 3 aromatic rings. The molecule has 0 bridgehead atoms. The largest absolute Gasteiger partial charge is 0.396 e. The van der Waals surface area contributed by atoms with E-state index in [0.717, 1.165) is 5.69 Å². The van der Waals surface area contributed by atoms with Crippen LogP contribution in [0.2, 0.25) is 0 Å². The number of hydrogen-bond acceptors (Lipinski definition) is 6. The van der Waals surface area contributed by atoms with Gasteiger partial charge in [0.2, 0.25) is 5.91 Å². The van der Waals surface area contributed by atoms with Crippen LogP contribution < -0.4 is 15.8 Å². The molecule has 1 aromatic heterocycles.